The van der Waals surface area contributed by atoms with Crippen molar-refractivity contribution in [3.63, 3.8) is 0 Å². The minimum atomic E-state index is -3.94. The summed E-state index contributed by atoms with van der Waals surface area (Å²) < 4.78 is 31.5. The molecule has 0 saturated heterocycles. The van der Waals surface area contributed by atoms with E-state index < -0.39 is 10.1 Å². The van der Waals surface area contributed by atoms with E-state index in [1.807, 2.05) is 0 Å². The summed E-state index contributed by atoms with van der Waals surface area (Å²) in [7, 11) is -3.94. The Morgan fingerprint density at radius 2 is 2.16 bits per heavy atom. The quantitative estimate of drug-likeness (QED) is 0.608. The second-order valence-corrected chi connectivity index (χ2v) is 8.22. The number of fused-ring (bicyclic) bond motifs is 1. The Bertz CT molecular complexity index is 499. The normalized spacial score (nSPS) is 42.3. The molecule has 2 saturated carbocycles. The lowest BCUT2D eigenvalue weighted by Gasteiger charge is -2.38. The third-order valence-corrected chi connectivity index (χ3v) is 6.45. The molecule has 3 rings (SSSR count). The van der Waals surface area contributed by atoms with Crippen molar-refractivity contribution in [2.45, 2.75) is 26.2 Å². The van der Waals surface area contributed by atoms with Gasteiger partial charge >= 0.3 is 0 Å². The van der Waals surface area contributed by atoms with E-state index in [1.54, 1.807) is 5.57 Å². The molecule has 0 aliphatic heterocycles. The lowest BCUT2D eigenvalue weighted by atomic mass is 9.68. The van der Waals surface area contributed by atoms with Gasteiger partial charge in [0, 0.05) is 0 Å². The number of hydrogen-bond donors (Lipinski definition) is 2. The summed E-state index contributed by atoms with van der Waals surface area (Å²) in [6.07, 6.45) is 6.04. The fraction of sp³-hybridized carbons (Fsp3) is 0.857. The molecule has 0 spiro atoms. The molecule has 0 amide bonds. The average Bonchev–Trinajstić information content (AvgIpc) is 2.55. The van der Waals surface area contributed by atoms with Gasteiger partial charge in [-0.3, -0.25) is 4.55 Å². The van der Waals surface area contributed by atoms with E-state index in [-0.39, 0.29) is 11.7 Å². The molecule has 5 heteroatoms. The Balaban J connectivity index is 1.86. The van der Waals surface area contributed by atoms with Crippen LogP contribution in [0.4, 0.5) is 0 Å². The van der Waals surface area contributed by atoms with Crippen LogP contribution < -0.4 is 5.73 Å². The average molecular weight is 285 g/mol. The first-order chi connectivity index (χ1) is 8.89. The van der Waals surface area contributed by atoms with Crippen molar-refractivity contribution >= 4 is 10.1 Å². The van der Waals surface area contributed by atoms with Crippen LogP contribution in [-0.2, 0) is 10.1 Å². The van der Waals surface area contributed by atoms with E-state index in [0.717, 1.165) is 11.8 Å². The first kappa shape index (κ1) is 13.6. The van der Waals surface area contributed by atoms with Crippen LogP contribution in [0.5, 0.6) is 0 Å². The fourth-order valence-corrected chi connectivity index (χ4v) is 5.85. The van der Waals surface area contributed by atoms with Crippen LogP contribution in [0.25, 0.3) is 0 Å². The lowest BCUT2D eigenvalue weighted by Crippen LogP contribution is -2.37. The van der Waals surface area contributed by atoms with Gasteiger partial charge in [0.05, 0.1) is 5.75 Å². The van der Waals surface area contributed by atoms with Gasteiger partial charge in [-0.05, 0) is 61.3 Å². The van der Waals surface area contributed by atoms with Crippen molar-refractivity contribution in [3.8, 4) is 0 Å². The Labute approximate surface area is 115 Å². The summed E-state index contributed by atoms with van der Waals surface area (Å²) in [6.45, 7) is 2.52. The van der Waals surface area contributed by atoms with Crippen molar-refractivity contribution in [2.24, 2.45) is 41.2 Å². The van der Waals surface area contributed by atoms with Crippen LogP contribution in [0.3, 0.4) is 0 Å². The molecule has 3 N–H and O–H groups in total. The number of rotatable bonds is 4. The molecular formula is C14H23NO3S. The zero-order chi connectivity index (χ0) is 13.8. The van der Waals surface area contributed by atoms with Gasteiger partial charge in [-0.15, -0.1) is 0 Å². The first-order valence-electron chi connectivity index (χ1n) is 7.25. The van der Waals surface area contributed by atoms with E-state index >= 15 is 0 Å². The summed E-state index contributed by atoms with van der Waals surface area (Å²) in [4.78, 5) is 0. The van der Waals surface area contributed by atoms with Gasteiger partial charge in [0.1, 0.15) is 0 Å². The maximum absolute atomic E-state index is 11.2. The standard InChI is InChI=1S/C14H23NO3S/c1-8-2-9-3-10-4-11(5-13(9)10)14(8)12(6-15)7-19(16,17)18/h2,8,10-14H,3-7,15H2,1H3,(H,16,17,18). The molecule has 4 nitrogen and oxygen atoms in total. The Hall–Kier alpha value is -0.390. The molecule has 2 fully saturated rings. The van der Waals surface area contributed by atoms with Gasteiger partial charge < -0.3 is 5.73 Å². The molecule has 3 aliphatic rings. The highest BCUT2D eigenvalue weighted by Crippen LogP contribution is 2.59. The van der Waals surface area contributed by atoms with Crippen molar-refractivity contribution in [3.05, 3.63) is 11.6 Å². The zero-order valence-corrected chi connectivity index (χ0v) is 12.1. The Morgan fingerprint density at radius 3 is 2.79 bits per heavy atom. The van der Waals surface area contributed by atoms with Crippen LogP contribution in [0.1, 0.15) is 26.2 Å². The number of allylic oxidation sites excluding steroid dienone is 2. The van der Waals surface area contributed by atoms with Crippen LogP contribution in [0.2, 0.25) is 0 Å². The van der Waals surface area contributed by atoms with E-state index in [9.17, 15) is 8.42 Å². The minimum Gasteiger partial charge on any atom is -0.330 e. The predicted octanol–water partition coefficient (Wildman–Crippen LogP) is 1.69. The molecule has 6 atom stereocenters. The molecule has 0 aromatic rings. The summed E-state index contributed by atoms with van der Waals surface area (Å²) in [5.41, 5.74) is 7.39. The molecule has 108 valence electrons. The van der Waals surface area contributed by atoms with Gasteiger partial charge in [0.15, 0.2) is 0 Å². The van der Waals surface area contributed by atoms with E-state index in [1.165, 1.54) is 19.3 Å². The lowest BCUT2D eigenvalue weighted by molar-refractivity contribution is 0.190. The maximum atomic E-state index is 11.2. The van der Waals surface area contributed by atoms with Gasteiger partial charge in [-0.2, -0.15) is 8.42 Å². The Kier molecular flexibility index (Phi) is 3.27. The smallest absolute Gasteiger partial charge is 0.265 e. The predicted molar refractivity (Wildman–Crippen MR) is 74.0 cm³/mol. The Morgan fingerprint density at radius 1 is 1.42 bits per heavy atom. The SMILES string of the molecule is CC1C=C2CC3CC(CC23)C1C(CN)CS(=O)(=O)O. The second-order valence-electron chi connectivity index (χ2n) is 6.72. The summed E-state index contributed by atoms with van der Waals surface area (Å²) in [5.74, 6) is 2.54. The van der Waals surface area contributed by atoms with Crippen LogP contribution in [0, 0.1) is 35.5 Å². The highest BCUT2D eigenvalue weighted by molar-refractivity contribution is 7.85. The second kappa shape index (κ2) is 4.57. The molecule has 0 radical (unpaired) electrons. The van der Waals surface area contributed by atoms with Crippen LogP contribution in [0.15, 0.2) is 11.6 Å². The van der Waals surface area contributed by atoms with Crippen LogP contribution in [-0.4, -0.2) is 25.3 Å². The molecule has 6 unspecified atom stereocenters. The molecule has 3 aliphatic carbocycles. The number of nitrogens with two attached hydrogens (primary N) is 1. The number of hydrogen-bond acceptors (Lipinski definition) is 3. The van der Waals surface area contributed by atoms with Crippen molar-refractivity contribution in [2.75, 3.05) is 12.3 Å². The molecule has 2 bridgehead atoms. The van der Waals surface area contributed by atoms with Gasteiger partial charge in [0.2, 0.25) is 0 Å². The maximum Gasteiger partial charge on any atom is 0.265 e. The largest absolute Gasteiger partial charge is 0.330 e. The molecular weight excluding hydrogens is 262 g/mol. The van der Waals surface area contributed by atoms with Crippen LogP contribution >= 0.6 is 0 Å². The van der Waals surface area contributed by atoms with E-state index in [2.05, 4.69) is 13.0 Å². The minimum absolute atomic E-state index is 0.122. The van der Waals surface area contributed by atoms with E-state index in [0.29, 0.717) is 24.3 Å². The molecule has 0 aromatic carbocycles. The summed E-state index contributed by atoms with van der Waals surface area (Å²) in [5, 5.41) is 0. The van der Waals surface area contributed by atoms with Gasteiger partial charge in [-0.1, -0.05) is 18.6 Å². The topological polar surface area (TPSA) is 80.4 Å². The summed E-state index contributed by atoms with van der Waals surface area (Å²) in [6, 6.07) is 0. The van der Waals surface area contributed by atoms with E-state index in [4.69, 9.17) is 10.3 Å². The third kappa shape index (κ3) is 2.36. The highest BCUT2D eigenvalue weighted by atomic mass is 32.2. The highest BCUT2D eigenvalue weighted by Gasteiger charge is 2.50. The van der Waals surface area contributed by atoms with Gasteiger partial charge in [-0.25, -0.2) is 0 Å². The summed E-state index contributed by atoms with van der Waals surface area (Å²) >= 11 is 0. The molecule has 19 heavy (non-hydrogen) atoms. The van der Waals surface area contributed by atoms with Crippen molar-refractivity contribution in [1.29, 1.82) is 0 Å². The third-order valence-electron chi connectivity index (χ3n) is 5.61. The monoisotopic (exact) mass is 285 g/mol. The molecule has 0 aromatic heterocycles. The molecule has 0 heterocycles. The van der Waals surface area contributed by atoms with Crippen molar-refractivity contribution in [1.82, 2.24) is 0 Å². The fourth-order valence-electron chi connectivity index (χ4n) is 4.95. The zero-order valence-electron chi connectivity index (χ0n) is 11.3. The van der Waals surface area contributed by atoms with Crippen molar-refractivity contribution < 1.29 is 13.0 Å². The first-order valence-corrected chi connectivity index (χ1v) is 8.85. The van der Waals surface area contributed by atoms with Gasteiger partial charge in [0.25, 0.3) is 10.1 Å².